The number of anilines is 1. The number of fused-ring (bicyclic) bond motifs is 1. The van der Waals surface area contributed by atoms with E-state index in [-0.39, 0.29) is 18.5 Å². The Morgan fingerprint density at radius 3 is 2.95 bits per heavy atom. The molecule has 0 saturated carbocycles. The highest BCUT2D eigenvalue weighted by molar-refractivity contribution is 7.99. The van der Waals surface area contributed by atoms with E-state index < -0.39 is 0 Å². The second-order valence-corrected chi connectivity index (χ2v) is 5.96. The van der Waals surface area contributed by atoms with Crippen LogP contribution in [0.1, 0.15) is 23.6 Å². The van der Waals surface area contributed by atoms with Crippen molar-refractivity contribution in [3.63, 3.8) is 0 Å². The highest BCUT2D eigenvalue weighted by Crippen LogP contribution is 2.39. The minimum Gasteiger partial charge on any atom is -0.392 e. The Kier molecular flexibility index (Phi) is 3.94. The van der Waals surface area contributed by atoms with Gasteiger partial charge in [0.1, 0.15) is 5.82 Å². The van der Waals surface area contributed by atoms with Crippen molar-refractivity contribution in [1.82, 2.24) is 0 Å². The van der Waals surface area contributed by atoms with Crippen molar-refractivity contribution in [2.45, 2.75) is 24.0 Å². The van der Waals surface area contributed by atoms with E-state index in [1.54, 1.807) is 17.8 Å². The van der Waals surface area contributed by atoms with Gasteiger partial charge in [0.2, 0.25) is 0 Å². The first kappa shape index (κ1) is 13.5. The molecule has 2 nitrogen and oxygen atoms in total. The number of aliphatic hydroxyl groups excluding tert-OH is 1. The average Bonchev–Trinajstić information content (AvgIpc) is 2.49. The molecule has 0 radical (unpaired) electrons. The molecular weight excluding hydrogens is 273 g/mol. The monoisotopic (exact) mass is 289 g/mol. The number of benzene rings is 2. The molecule has 4 heteroatoms. The van der Waals surface area contributed by atoms with E-state index in [9.17, 15) is 9.50 Å². The minimum absolute atomic E-state index is 0.0290. The molecule has 2 aromatic rings. The van der Waals surface area contributed by atoms with Gasteiger partial charge < -0.3 is 10.4 Å². The smallest absolute Gasteiger partial charge is 0.137 e. The van der Waals surface area contributed by atoms with Crippen molar-refractivity contribution < 1.29 is 9.50 Å². The number of hydrogen-bond donors (Lipinski definition) is 2. The fourth-order valence-corrected chi connectivity index (χ4v) is 3.64. The topological polar surface area (TPSA) is 32.3 Å². The molecule has 3 rings (SSSR count). The van der Waals surface area contributed by atoms with Crippen molar-refractivity contribution >= 4 is 17.4 Å². The molecule has 20 heavy (non-hydrogen) atoms. The lowest BCUT2D eigenvalue weighted by molar-refractivity contribution is 0.282. The van der Waals surface area contributed by atoms with Crippen LogP contribution in [0.5, 0.6) is 0 Å². The van der Waals surface area contributed by atoms with E-state index in [0.717, 1.165) is 33.9 Å². The van der Waals surface area contributed by atoms with Crippen molar-refractivity contribution in [1.29, 1.82) is 0 Å². The van der Waals surface area contributed by atoms with Crippen LogP contribution in [0.3, 0.4) is 0 Å². The molecule has 0 spiro atoms. The van der Waals surface area contributed by atoms with Crippen LogP contribution in [0.4, 0.5) is 10.1 Å². The molecule has 104 valence electrons. The largest absolute Gasteiger partial charge is 0.392 e. The molecule has 2 N–H and O–H groups in total. The summed E-state index contributed by atoms with van der Waals surface area (Å²) in [7, 11) is 0. The molecule has 0 bridgehead atoms. The summed E-state index contributed by atoms with van der Waals surface area (Å²) in [6.07, 6.45) is 0.963. The van der Waals surface area contributed by atoms with Gasteiger partial charge in [-0.15, -0.1) is 11.8 Å². The molecule has 2 aromatic carbocycles. The van der Waals surface area contributed by atoms with Gasteiger partial charge in [-0.2, -0.15) is 0 Å². The Bertz CT molecular complexity index is 617. The van der Waals surface area contributed by atoms with Crippen LogP contribution in [0, 0.1) is 5.82 Å². The number of aliphatic hydroxyl groups is 1. The first-order valence-electron chi connectivity index (χ1n) is 6.65. The number of halogens is 1. The first-order valence-corrected chi connectivity index (χ1v) is 7.64. The fourth-order valence-electron chi connectivity index (χ4n) is 2.50. The molecule has 0 amide bonds. The lowest BCUT2D eigenvalue weighted by Crippen LogP contribution is -2.16. The SMILES string of the molecule is OCc1cccc(NC2CCSc3c(F)cccc32)c1. The Morgan fingerprint density at radius 1 is 1.25 bits per heavy atom. The lowest BCUT2D eigenvalue weighted by Gasteiger charge is -2.27. The Balaban J connectivity index is 1.87. The summed E-state index contributed by atoms with van der Waals surface area (Å²) in [5.74, 6) is 0.772. The van der Waals surface area contributed by atoms with Gasteiger partial charge in [-0.25, -0.2) is 4.39 Å². The van der Waals surface area contributed by atoms with Crippen molar-refractivity contribution in [3.05, 3.63) is 59.4 Å². The summed E-state index contributed by atoms with van der Waals surface area (Å²) >= 11 is 1.58. The summed E-state index contributed by atoms with van der Waals surface area (Å²) < 4.78 is 13.8. The highest BCUT2D eigenvalue weighted by atomic mass is 32.2. The van der Waals surface area contributed by atoms with Crippen LogP contribution in [-0.2, 0) is 6.61 Å². The summed E-state index contributed by atoms with van der Waals surface area (Å²) in [5, 5.41) is 12.6. The van der Waals surface area contributed by atoms with Gasteiger partial charge in [-0.3, -0.25) is 0 Å². The summed E-state index contributed by atoms with van der Waals surface area (Å²) in [5.41, 5.74) is 2.86. The first-order chi connectivity index (χ1) is 9.78. The van der Waals surface area contributed by atoms with Crippen molar-refractivity contribution in [2.24, 2.45) is 0 Å². The fraction of sp³-hybridized carbons (Fsp3) is 0.250. The third-order valence-corrected chi connectivity index (χ3v) is 4.64. The van der Waals surface area contributed by atoms with E-state index in [1.807, 2.05) is 30.3 Å². The molecule has 1 aliphatic heterocycles. The number of hydrogen-bond acceptors (Lipinski definition) is 3. The summed E-state index contributed by atoms with van der Waals surface area (Å²) in [4.78, 5) is 0.759. The molecular formula is C16H16FNOS. The predicted molar refractivity (Wildman–Crippen MR) is 80.5 cm³/mol. The normalized spacial score (nSPS) is 17.6. The Morgan fingerprint density at radius 2 is 2.10 bits per heavy atom. The van der Waals surface area contributed by atoms with Crippen LogP contribution in [0.15, 0.2) is 47.4 Å². The third kappa shape index (κ3) is 2.67. The summed E-state index contributed by atoms with van der Waals surface area (Å²) in [6, 6.07) is 13.1. The van der Waals surface area contributed by atoms with Crippen LogP contribution in [0.25, 0.3) is 0 Å². The lowest BCUT2D eigenvalue weighted by atomic mass is 10.0. The van der Waals surface area contributed by atoms with Gasteiger partial charge in [-0.05, 0) is 35.7 Å². The van der Waals surface area contributed by atoms with Gasteiger partial charge in [-0.1, -0.05) is 24.3 Å². The average molecular weight is 289 g/mol. The third-order valence-electron chi connectivity index (χ3n) is 3.48. The number of nitrogens with one attached hydrogen (secondary N) is 1. The van der Waals surface area contributed by atoms with E-state index in [0.29, 0.717) is 0 Å². The second-order valence-electron chi connectivity index (χ2n) is 4.85. The van der Waals surface area contributed by atoms with Gasteiger partial charge in [0.25, 0.3) is 0 Å². The Hall–Kier alpha value is -1.52. The van der Waals surface area contributed by atoms with Crippen molar-refractivity contribution in [2.75, 3.05) is 11.1 Å². The molecule has 1 heterocycles. The van der Waals surface area contributed by atoms with E-state index >= 15 is 0 Å². The quantitative estimate of drug-likeness (QED) is 0.897. The maximum Gasteiger partial charge on any atom is 0.137 e. The van der Waals surface area contributed by atoms with Crippen LogP contribution in [-0.4, -0.2) is 10.9 Å². The number of thioether (sulfide) groups is 1. The van der Waals surface area contributed by atoms with E-state index in [1.165, 1.54) is 6.07 Å². The molecule has 0 aromatic heterocycles. The van der Waals surface area contributed by atoms with E-state index in [2.05, 4.69) is 5.32 Å². The molecule has 0 aliphatic carbocycles. The Labute approximate surface area is 122 Å². The van der Waals surface area contributed by atoms with Crippen LogP contribution < -0.4 is 5.32 Å². The zero-order valence-electron chi connectivity index (χ0n) is 11.0. The molecule has 0 saturated heterocycles. The van der Waals surface area contributed by atoms with Gasteiger partial charge in [0.15, 0.2) is 0 Å². The standard InChI is InChI=1S/C16H16FNOS/c17-14-6-2-5-13-15(7-8-20-16(13)14)18-12-4-1-3-11(9-12)10-19/h1-6,9,15,18-19H,7-8,10H2. The molecule has 1 atom stereocenters. The molecule has 0 fully saturated rings. The maximum atomic E-state index is 13.8. The molecule has 1 unspecified atom stereocenters. The maximum absolute atomic E-state index is 13.8. The zero-order chi connectivity index (χ0) is 13.9. The van der Waals surface area contributed by atoms with Crippen molar-refractivity contribution in [3.8, 4) is 0 Å². The summed E-state index contributed by atoms with van der Waals surface area (Å²) in [6.45, 7) is 0.0290. The predicted octanol–water partition coefficient (Wildman–Crippen LogP) is 3.97. The zero-order valence-corrected chi connectivity index (χ0v) is 11.8. The van der Waals surface area contributed by atoms with Crippen LogP contribution in [0.2, 0.25) is 0 Å². The van der Waals surface area contributed by atoms with Crippen LogP contribution >= 0.6 is 11.8 Å². The van der Waals surface area contributed by atoms with Gasteiger partial charge >= 0.3 is 0 Å². The number of rotatable bonds is 3. The minimum atomic E-state index is -0.136. The molecule has 1 aliphatic rings. The van der Waals surface area contributed by atoms with Gasteiger partial charge in [0, 0.05) is 16.3 Å². The highest BCUT2D eigenvalue weighted by Gasteiger charge is 2.22. The van der Waals surface area contributed by atoms with Gasteiger partial charge in [0.05, 0.1) is 12.6 Å². The second kappa shape index (κ2) is 5.85. The van der Waals surface area contributed by atoms with E-state index in [4.69, 9.17) is 0 Å².